The van der Waals surface area contributed by atoms with Crippen molar-refractivity contribution < 1.29 is 4.74 Å². The van der Waals surface area contributed by atoms with Gasteiger partial charge in [-0.25, -0.2) is 4.98 Å². The monoisotopic (exact) mass is 376 g/mol. The summed E-state index contributed by atoms with van der Waals surface area (Å²) >= 11 is 0. The van der Waals surface area contributed by atoms with E-state index in [9.17, 15) is 9.59 Å². The highest BCUT2D eigenvalue weighted by Gasteiger charge is 2.24. The molecule has 4 aromatic rings. The van der Waals surface area contributed by atoms with E-state index in [4.69, 9.17) is 4.74 Å². The molecule has 0 amide bonds. The first-order valence-electron chi connectivity index (χ1n) is 9.04. The van der Waals surface area contributed by atoms with Crippen molar-refractivity contribution >= 4 is 28.1 Å². The van der Waals surface area contributed by atoms with Crippen LogP contribution in [-0.4, -0.2) is 17.1 Å². The number of hydrogen-bond donors (Lipinski definition) is 3. The first-order valence-corrected chi connectivity index (χ1v) is 9.04. The molecule has 28 heavy (non-hydrogen) atoms. The average Bonchev–Trinajstić information content (AvgIpc) is 3.21. The molecule has 7 nitrogen and oxygen atoms in total. The van der Waals surface area contributed by atoms with Gasteiger partial charge in [0.15, 0.2) is 0 Å². The second-order valence-corrected chi connectivity index (χ2v) is 6.55. The molecule has 0 saturated heterocycles. The van der Waals surface area contributed by atoms with Crippen LogP contribution in [0.4, 0.5) is 17.1 Å². The summed E-state index contributed by atoms with van der Waals surface area (Å²) in [4.78, 5) is 31.6. The van der Waals surface area contributed by atoms with Gasteiger partial charge >= 0.3 is 0 Å². The molecule has 0 spiro atoms. The van der Waals surface area contributed by atoms with E-state index in [1.54, 1.807) is 13.4 Å². The molecule has 1 aromatic heterocycles. The summed E-state index contributed by atoms with van der Waals surface area (Å²) in [5.41, 5.74) is 2.92. The van der Waals surface area contributed by atoms with Gasteiger partial charge in [-0.15, -0.1) is 0 Å². The lowest BCUT2D eigenvalue weighted by Gasteiger charge is -2.22. The van der Waals surface area contributed by atoms with Crippen LogP contribution >= 0.6 is 0 Å². The Balaban J connectivity index is 1.60. The Bertz CT molecular complexity index is 1200. The van der Waals surface area contributed by atoms with Crippen molar-refractivity contribution in [2.45, 2.75) is 19.4 Å². The Morgan fingerprint density at radius 2 is 1.93 bits per heavy atom. The van der Waals surface area contributed by atoms with Crippen molar-refractivity contribution in [2.24, 2.45) is 0 Å². The number of aromatic amines is 1. The molecule has 3 N–H and O–H groups in total. The Kier molecular flexibility index (Phi) is 4.57. The topological polar surface area (TPSA) is 96.1 Å². The number of imidazole rings is 1. The van der Waals surface area contributed by atoms with Gasteiger partial charge in [0.25, 0.3) is 10.9 Å². The quantitative estimate of drug-likeness (QED) is 0.428. The summed E-state index contributed by atoms with van der Waals surface area (Å²) in [6.07, 6.45) is 2.35. The Hall–Kier alpha value is -3.61. The van der Waals surface area contributed by atoms with Crippen molar-refractivity contribution in [3.05, 3.63) is 74.8 Å². The number of aromatic nitrogens is 2. The molecule has 0 radical (unpaired) electrons. The third-order valence-corrected chi connectivity index (χ3v) is 4.82. The number of nitrogens with one attached hydrogen (secondary N) is 3. The van der Waals surface area contributed by atoms with Crippen molar-refractivity contribution in [1.82, 2.24) is 9.97 Å². The number of methoxy groups -OCH3 is 1. The summed E-state index contributed by atoms with van der Waals surface area (Å²) < 4.78 is 5.28. The Morgan fingerprint density at radius 1 is 1.11 bits per heavy atom. The van der Waals surface area contributed by atoms with E-state index in [0.717, 1.165) is 28.8 Å². The lowest BCUT2D eigenvalue weighted by molar-refractivity contribution is 0.414. The van der Waals surface area contributed by atoms with E-state index in [1.807, 2.05) is 49.4 Å². The lowest BCUT2D eigenvalue weighted by Crippen LogP contribution is -2.37. The van der Waals surface area contributed by atoms with Gasteiger partial charge in [0, 0.05) is 5.69 Å². The molecule has 0 bridgehead atoms. The second-order valence-electron chi connectivity index (χ2n) is 6.55. The van der Waals surface area contributed by atoms with Crippen LogP contribution in [0.15, 0.2) is 58.4 Å². The van der Waals surface area contributed by atoms with Crippen LogP contribution in [0.25, 0.3) is 11.0 Å². The molecule has 0 unspecified atom stereocenters. The molecular formula is C21H20N4O3. The van der Waals surface area contributed by atoms with Crippen LogP contribution in [0.1, 0.15) is 24.9 Å². The van der Waals surface area contributed by atoms with Gasteiger partial charge in [0.1, 0.15) is 17.1 Å². The van der Waals surface area contributed by atoms with Crippen LogP contribution in [0.5, 0.6) is 5.75 Å². The minimum Gasteiger partial charge on any atom is -0.497 e. The highest BCUT2D eigenvalue weighted by molar-refractivity contribution is 5.84. The van der Waals surface area contributed by atoms with E-state index in [1.165, 1.54) is 0 Å². The minimum absolute atomic E-state index is 0.118. The van der Waals surface area contributed by atoms with Gasteiger partial charge in [0.05, 0.1) is 30.5 Å². The van der Waals surface area contributed by atoms with Crippen LogP contribution in [0, 0.1) is 0 Å². The van der Waals surface area contributed by atoms with E-state index >= 15 is 0 Å². The van der Waals surface area contributed by atoms with Gasteiger partial charge in [-0.3, -0.25) is 9.59 Å². The molecule has 0 saturated carbocycles. The maximum atomic E-state index is 12.2. The van der Waals surface area contributed by atoms with Gasteiger partial charge in [0.2, 0.25) is 0 Å². The molecule has 4 rings (SSSR count). The first-order chi connectivity index (χ1) is 13.6. The standard InChI is InChI=1S/C21H20N4O3/c1-3-15(12-5-4-6-14(9-12)28-2)25-19-18(20(26)21(19)27)24-13-7-8-16-17(10-13)23-11-22-16/h4-11,15,24-25H,3H2,1-2H3,(H,22,23)/t15-/m0/s1. The summed E-state index contributed by atoms with van der Waals surface area (Å²) in [7, 11) is 1.61. The van der Waals surface area contributed by atoms with Gasteiger partial charge in [-0.2, -0.15) is 0 Å². The van der Waals surface area contributed by atoms with E-state index in [0.29, 0.717) is 11.4 Å². The van der Waals surface area contributed by atoms with Gasteiger partial charge in [-0.05, 0) is 42.3 Å². The van der Waals surface area contributed by atoms with Crippen LogP contribution in [-0.2, 0) is 0 Å². The molecule has 0 aliphatic rings. The van der Waals surface area contributed by atoms with E-state index < -0.39 is 10.9 Å². The van der Waals surface area contributed by atoms with Gasteiger partial charge < -0.3 is 20.4 Å². The number of nitrogens with zero attached hydrogens (tertiary/aromatic N) is 1. The normalized spacial score (nSPS) is 12.2. The molecule has 3 aromatic carbocycles. The SMILES string of the molecule is CC[C@H](Nc1c(Nc2ccc3[nH]cnc3c2)c(=O)c1=O)c1cccc(OC)c1. The predicted octanol–water partition coefficient (Wildman–Crippen LogP) is 3.47. The van der Waals surface area contributed by atoms with Crippen molar-refractivity contribution in [1.29, 1.82) is 0 Å². The highest BCUT2D eigenvalue weighted by Crippen LogP contribution is 2.29. The number of H-pyrrole nitrogens is 1. The zero-order valence-electron chi connectivity index (χ0n) is 15.6. The largest absolute Gasteiger partial charge is 0.497 e. The molecule has 0 fully saturated rings. The zero-order chi connectivity index (χ0) is 19.7. The summed E-state index contributed by atoms with van der Waals surface area (Å²) in [5, 5.41) is 6.29. The average molecular weight is 376 g/mol. The fourth-order valence-corrected chi connectivity index (χ4v) is 3.26. The first kappa shape index (κ1) is 17.8. The van der Waals surface area contributed by atoms with E-state index in [-0.39, 0.29) is 11.7 Å². The molecule has 1 atom stereocenters. The smallest absolute Gasteiger partial charge is 0.253 e. The fraction of sp³-hybridized carbons (Fsp3) is 0.190. The molecule has 142 valence electrons. The fourth-order valence-electron chi connectivity index (χ4n) is 3.26. The Morgan fingerprint density at radius 3 is 2.71 bits per heavy atom. The van der Waals surface area contributed by atoms with Crippen LogP contribution in [0.2, 0.25) is 0 Å². The number of anilines is 3. The summed E-state index contributed by atoms with van der Waals surface area (Å²) in [6, 6.07) is 13.1. The second kappa shape index (κ2) is 7.19. The third kappa shape index (κ3) is 3.11. The molecule has 0 aliphatic carbocycles. The molecular weight excluding hydrogens is 356 g/mol. The van der Waals surface area contributed by atoms with Gasteiger partial charge in [-0.1, -0.05) is 19.1 Å². The van der Waals surface area contributed by atoms with Crippen molar-refractivity contribution in [2.75, 3.05) is 17.7 Å². The number of rotatable bonds is 7. The number of fused-ring (bicyclic) bond motifs is 1. The minimum atomic E-state index is -0.523. The molecule has 7 heteroatoms. The van der Waals surface area contributed by atoms with Crippen LogP contribution in [0.3, 0.4) is 0 Å². The summed E-state index contributed by atoms with van der Waals surface area (Å²) in [6.45, 7) is 2.02. The Labute approximate surface area is 161 Å². The highest BCUT2D eigenvalue weighted by atomic mass is 16.5. The number of ether oxygens (including phenoxy) is 1. The number of hydrogen-bond acceptors (Lipinski definition) is 6. The number of benzene rings is 2. The van der Waals surface area contributed by atoms with Crippen molar-refractivity contribution in [3.8, 4) is 5.75 Å². The third-order valence-electron chi connectivity index (χ3n) is 4.82. The maximum absolute atomic E-state index is 12.2. The maximum Gasteiger partial charge on any atom is 0.253 e. The van der Waals surface area contributed by atoms with Crippen LogP contribution < -0.4 is 26.2 Å². The van der Waals surface area contributed by atoms with Crippen molar-refractivity contribution in [3.63, 3.8) is 0 Å². The zero-order valence-corrected chi connectivity index (χ0v) is 15.6. The molecule has 0 aliphatic heterocycles. The lowest BCUT2D eigenvalue weighted by atomic mass is 10.0. The molecule has 1 heterocycles. The van der Waals surface area contributed by atoms with E-state index in [2.05, 4.69) is 20.6 Å². The summed E-state index contributed by atoms with van der Waals surface area (Å²) in [5.74, 6) is 0.744. The predicted molar refractivity (Wildman–Crippen MR) is 110 cm³/mol.